The van der Waals surface area contributed by atoms with Gasteiger partial charge in [0.2, 0.25) is 0 Å². The number of carbonyl (C=O) groups is 2. The standard InChI is InChI=1S/C16H19N5O2S/c1-4-10-21-12(3)17-20-16(21)24-11(2)14(22)18-19-15(23)13-8-6-5-7-9-13/h4-9,11H,1,10H2,2-3H3,(H,18,22)(H,19,23)/t11-/m0/s1. The number of hydrogen-bond acceptors (Lipinski definition) is 5. The quantitative estimate of drug-likeness (QED) is 0.473. The van der Waals surface area contributed by atoms with E-state index in [2.05, 4.69) is 27.6 Å². The summed E-state index contributed by atoms with van der Waals surface area (Å²) in [5.41, 5.74) is 5.29. The van der Waals surface area contributed by atoms with Crippen molar-refractivity contribution in [3.8, 4) is 0 Å². The van der Waals surface area contributed by atoms with Gasteiger partial charge in [0.1, 0.15) is 5.82 Å². The first-order valence-electron chi connectivity index (χ1n) is 7.35. The summed E-state index contributed by atoms with van der Waals surface area (Å²) in [5, 5.41) is 8.24. The van der Waals surface area contributed by atoms with Crippen LogP contribution in [0.1, 0.15) is 23.1 Å². The second-order valence-corrected chi connectivity index (χ2v) is 6.31. The molecule has 2 rings (SSSR count). The number of carbonyl (C=O) groups excluding carboxylic acids is 2. The first-order chi connectivity index (χ1) is 11.5. The van der Waals surface area contributed by atoms with Gasteiger partial charge >= 0.3 is 0 Å². The molecule has 0 fully saturated rings. The van der Waals surface area contributed by atoms with Gasteiger partial charge in [0.15, 0.2) is 5.16 Å². The third-order valence-corrected chi connectivity index (χ3v) is 4.28. The molecule has 1 heterocycles. The summed E-state index contributed by atoms with van der Waals surface area (Å²) in [7, 11) is 0. The Morgan fingerprint density at radius 2 is 2.00 bits per heavy atom. The highest BCUT2D eigenvalue weighted by molar-refractivity contribution is 8.00. The predicted octanol–water partition coefficient (Wildman–Crippen LogP) is 1.71. The van der Waals surface area contributed by atoms with Crippen molar-refractivity contribution in [1.29, 1.82) is 0 Å². The number of allylic oxidation sites excluding steroid dienone is 1. The molecule has 7 nitrogen and oxygen atoms in total. The van der Waals surface area contributed by atoms with Gasteiger partial charge in [-0.15, -0.1) is 16.8 Å². The largest absolute Gasteiger partial charge is 0.302 e. The molecule has 1 aromatic carbocycles. The van der Waals surface area contributed by atoms with Crippen molar-refractivity contribution < 1.29 is 9.59 Å². The van der Waals surface area contributed by atoms with Gasteiger partial charge in [-0.1, -0.05) is 36.0 Å². The van der Waals surface area contributed by atoms with Crippen LogP contribution >= 0.6 is 11.8 Å². The van der Waals surface area contributed by atoms with Crippen LogP contribution < -0.4 is 10.9 Å². The van der Waals surface area contributed by atoms with Crippen LogP contribution in [0.25, 0.3) is 0 Å². The van der Waals surface area contributed by atoms with E-state index in [-0.39, 0.29) is 11.8 Å². The minimum absolute atomic E-state index is 0.324. The Morgan fingerprint density at radius 3 is 2.67 bits per heavy atom. The fourth-order valence-corrected chi connectivity index (χ4v) is 2.79. The van der Waals surface area contributed by atoms with Gasteiger partial charge in [0.25, 0.3) is 11.8 Å². The minimum Gasteiger partial charge on any atom is -0.302 e. The van der Waals surface area contributed by atoms with Gasteiger partial charge in [-0.05, 0) is 26.0 Å². The number of benzene rings is 1. The van der Waals surface area contributed by atoms with Crippen molar-refractivity contribution in [3.63, 3.8) is 0 Å². The molecule has 24 heavy (non-hydrogen) atoms. The Balaban J connectivity index is 1.91. The number of hydrogen-bond donors (Lipinski definition) is 2. The van der Waals surface area contributed by atoms with Crippen LogP contribution in [0, 0.1) is 6.92 Å². The molecule has 0 spiro atoms. The minimum atomic E-state index is -0.451. The highest BCUT2D eigenvalue weighted by Crippen LogP contribution is 2.22. The van der Waals surface area contributed by atoms with Gasteiger partial charge in [-0.3, -0.25) is 20.4 Å². The molecule has 0 aliphatic heterocycles. The zero-order chi connectivity index (χ0) is 17.5. The molecule has 8 heteroatoms. The molecule has 0 saturated carbocycles. The van der Waals surface area contributed by atoms with E-state index in [1.54, 1.807) is 37.3 Å². The maximum absolute atomic E-state index is 12.1. The van der Waals surface area contributed by atoms with Crippen molar-refractivity contribution in [3.05, 3.63) is 54.4 Å². The number of hydrazine groups is 1. The summed E-state index contributed by atoms with van der Waals surface area (Å²) in [5.74, 6) is 0.0595. The van der Waals surface area contributed by atoms with E-state index >= 15 is 0 Å². The second kappa shape index (κ2) is 8.30. The molecule has 2 N–H and O–H groups in total. The smallest absolute Gasteiger partial charge is 0.269 e. The molecular weight excluding hydrogens is 326 g/mol. The van der Waals surface area contributed by atoms with Crippen LogP contribution in [0.3, 0.4) is 0 Å². The molecule has 126 valence electrons. The molecule has 0 radical (unpaired) electrons. The van der Waals surface area contributed by atoms with Gasteiger partial charge in [0, 0.05) is 12.1 Å². The van der Waals surface area contributed by atoms with E-state index in [0.717, 1.165) is 5.82 Å². The van der Waals surface area contributed by atoms with E-state index in [4.69, 9.17) is 0 Å². The van der Waals surface area contributed by atoms with Gasteiger partial charge < -0.3 is 4.57 Å². The Morgan fingerprint density at radius 1 is 1.29 bits per heavy atom. The number of aryl methyl sites for hydroxylation is 1. The van der Waals surface area contributed by atoms with Gasteiger partial charge in [-0.25, -0.2) is 0 Å². The van der Waals surface area contributed by atoms with Gasteiger partial charge in [0.05, 0.1) is 5.25 Å². The number of thioether (sulfide) groups is 1. The number of aromatic nitrogens is 3. The van der Waals surface area contributed by atoms with Crippen LogP contribution in [0.5, 0.6) is 0 Å². The molecule has 1 atom stereocenters. The third-order valence-electron chi connectivity index (χ3n) is 3.20. The lowest BCUT2D eigenvalue weighted by molar-refractivity contribution is -0.121. The summed E-state index contributed by atoms with van der Waals surface area (Å²) in [6.45, 7) is 7.84. The number of nitrogens with one attached hydrogen (secondary N) is 2. The van der Waals surface area contributed by atoms with Crippen molar-refractivity contribution in [2.75, 3.05) is 0 Å². The van der Waals surface area contributed by atoms with E-state index in [9.17, 15) is 9.59 Å². The first-order valence-corrected chi connectivity index (χ1v) is 8.23. The van der Waals surface area contributed by atoms with Crippen LogP contribution in [0.15, 0.2) is 48.1 Å². The average molecular weight is 345 g/mol. The number of nitrogens with zero attached hydrogens (tertiary/aromatic N) is 3. The Bertz CT molecular complexity index is 729. The zero-order valence-electron chi connectivity index (χ0n) is 13.5. The normalized spacial score (nSPS) is 11.6. The third kappa shape index (κ3) is 4.45. The van der Waals surface area contributed by atoms with Crippen LogP contribution in [-0.4, -0.2) is 31.8 Å². The van der Waals surface area contributed by atoms with Crippen molar-refractivity contribution in [2.24, 2.45) is 0 Å². The lowest BCUT2D eigenvalue weighted by atomic mass is 10.2. The van der Waals surface area contributed by atoms with E-state index < -0.39 is 5.25 Å². The van der Waals surface area contributed by atoms with E-state index in [1.807, 2.05) is 17.6 Å². The van der Waals surface area contributed by atoms with Crippen molar-refractivity contribution in [2.45, 2.75) is 30.8 Å². The summed E-state index contributed by atoms with van der Waals surface area (Å²) < 4.78 is 1.87. The predicted molar refractivity (Wildman–Crippen MR) is 92.3 cm³/mol. The summed E-state index contributed by atoms with van der Waals surface area (Å²) in [6.07, 6.45) is 1.74. The molecule has 0 unspecified atom stereocenters. The molecule has 0 saturated heterocycles. The summed E-state index contributed by atoms with van der Waals surface area (Å²) in [4.78, 5) is 24.0. The average Bonchev–Trinajstić information content (AvgIpc) is 2.93. The fraction of sp³-hybridized carbons (Fsp3) is 0.250. The number of amides is 2. The molecule has 1 aromatic heterocycles. The Hall–Kier alpha value is -2.61. The first kappa shape index (κ1) is 17.7. The number of rotatable bonds is 6. The molecule has 0 bridgehead atoms. The highest BCUT2D eigenvalue weighted by Gasteiger charge is 2.19. The van der Waals surface area contributed by atoms with Crippen LogP contribution in [0.2, 0.25) is 0 Å². The van der Waals surface area contributed by atoms with Crippen LogP contribution in [0.4, 0.5) is 0 Å². The molecular formula is C16H19N5O2S. The van der Waals surface area contributed by atoms with Crippen LogP contribution in [-0.2, 0) is 11.3 Å². The summed E-state index contributed by atoms with van der Waals surface area (Å²) in [6, 6.07) is 8.66. The second-order valence-electron chi connectivity index (χ2n) is 5.00. The zero-order valence-corrected chi connectivity index (χ0v) is 14.3. The lowest BCUT2D eigenvalue weighted by Crippen LogP contribution is -2.44. The van der Waals surface area contributed by atoms with E-state index in [1.165, 1.54) is 11.8 Å². The maximum Gasteiger partial charge on any atom is 0.269 e. The van der Waals surface area contributed by atoms with Crippen molar-refractivity contribution >= 4 is 23.6 Å². The summed E-state index contributed by atoms with van der Waals surface area (Å²) >= 11 is 1.26. The SMILES string of the molecule is C=CCn1c(C)nnc1S[C@@H](C)C(=O)NNC(=O)c1ccccc1. The molecule has 2 aromatic rings. The fourth-order valence-electron chi connectivity index (χ4n) is 1.88. The Kier molecular flexibility index (Phi) is 6.14. The topological polar surface area (TPSA) is 88.9 Å². The van der Waals surface area contributed by atoms with E-state index in [0.29, 0.717) is 17.3 Å². The van der Waals surface area contributed by atoms with Crippen molar-refractivity contribution in [1.82, 2.24) is 25.6 Å². The highest BCUT2D eigenvalue weighted by atomic mass is 32.2. The Labute approximate surface area is 144 Å². The molecule has 0 aliphatic rings. The maximum atomic E-state index is 12.1. The van der Waals surface area contributed by atoms with Gasteiger partial charge in [-0.2, -0.15) is 0 Å². The molecule has 0 aliphatic carbocycles. The molecule has 2 amide bonds. The lowest BCUT2D eigenvalue weighted by Gasteiger charge is -2.13. The monoisotopic (exact) mass is 345 g/mol.